The molecule has 0 rings (SSSR count). The van der Waals surface area contributed by atoms with Gasteiger partial charge < -0.3 is 19.8 Å². The van der Waals surface area contributed by atoms with Gasteiger partial charge in [0, 0.05) is 6.42 Å². The maximum absolute atomic E-state index is 12.9. The van der Waals surface area contributed by atoms with Gasteiger partial charge in [-0.1, -0.05) is 179 Å². The minimum Gasteiger partial charge on any atom is -0.387 e. The van der Waals surface area contributed by atoms with Crippen LogP contribution in [0.1, 0.15) is 206 Å². The number of allylic oxidation sites excluding steroid dienone is 3. The van der Waals surface area contributed by atoms with Crippen LogP contribution in [0.5, 0.6) is 0 Å². The first kappa shape index (κ1) is 53.0. The van der Waals surface area contributed by atoms with Crippen molar-refractivity contribution in [2.75, 3.05) is 40.9 Å². The van der Waals surface area contributed by atoms with Crippen LogP contribution in [-0.2, 0) is 18.4 Å². The molecule has 0 aliphatic rings. The molecule has 0 saturated carbocycles. The topological polar surface area (TPSA) is 105 Å². The number of phosphoric ester groups is 1. The summed E-state index contributed by atoms with van der Waals surface area (Å²) in [6, 6.07) is -0.845. The normalized spacial score (nSPS) is 14.6. The molecule has 3 N–H and O–H groups in total. The Morgan fingerprint density at radius 2 is 1.00 bits per heavy atom. The van der Waals surface area contributed by atoms with Gasteiger partial charge in [-0.05, 0) is 44.9 Å². The molecule has 0 bridgehead atoms. The lowest BCUT2D eigenvalue weighted by molar-refractivity contribution is -0.870. The molecule has 0 radical (unpaired) electrons. The number of nitrogens with one attached hydrogen (secondary N) is 1. The smallest absolute Gasteiger partial charge is 0.387 e. The van der Waals surface area contributed by atoms with Gasteiger partial charge in [-0.15, -0.1) is 0 Å². The molecule has 0 aromatic rings. The average molecular weight is 786 g/mol. The van der Waals surface area contributed by atoms with E-state index >= 15 is 0 Å². The highest BCUT2D eigenvalue weighted by molar-refractivity contribution is 7.47. The second-order valence-corrected chi connectivity index (χ2v) is 18.2. The third-order valence-corrected chi connectivity index (χ3v) is 11.1. The lowest BCUT2D eigenvalue weighted by Crippen LogP contribution is -2.45. The second kappa shape index (κ2) is 37.6. The lowest BCUT2D eigenvalue weighted by Gasteiger charge is -2.25. The van der Waals surface area contributed by atoms with E-state index in [1.807, 2.05) is 27.2 Å². The van der Waals surface area contributed by atoms with Crippen molar-refractivity contribution in [2.45, 2.75) is 219 Å². The monoisotopic (exact) mass is 786 g/mol. The molecular formula is C45H90N2O6P+. The van der Waals surface area contributed by atoms with E-state index in [9.17, 15) is 19.4 Å². The number of carbonyl (C=O) groups is 1. The predicted octanol–water partition coefficient (Wildman–Crippen LogP) is 12.5. The average Bonchev–Trinajstić information content (AvgIpc) is 3.12. The summed E-state index contributed by atoms with van der Waals surface area (Å²) < 4.78 is 23.5. The molecule has 0 fully saturated rings. The number of hydrogen-bond acceptors (Lipinski definition) is 5. The Bertz CT molecular complexity index is 938. The molecule has 0 saturated heterocycles. The quantitative estimate of drug-likeness (QED) is 0.0247. The third kappa shape index (κ3) is 39.2. The van der Waals surface area contributed by atoms with E-state index in [0.29, 0.717) is 17.4 Å². The van der Waals surface area contributed by atoms with E-state index in [-0.39, 0.29) is 19.1 Å². The Kier molecular flexibility index (Phi) is 36.8. The van der Waals surface area contributed by atoms with Crippen molar-refractivity contribution in [3.8, 4) is 0 Å². The maximum atomic E-state index is 12.9. The van der Waals surface area contributed by atoms with Crippen molar-refractivity contribution in [1.82, 2.24) is 5.32 Å². The molecule has 0 aromatic carbocycles. The van der Waals surface area contributed by atoms with Crippen LogP contribution in [0.3, 0.4) is 0 Å². The fraction of sp³-hybridized carbons (Fsp3) is 0.889. The van der Waals surface area contributed by atoms with Crippen molar-refractivity contribution < 1.29 is 32.9 Å². The molecule has 9 heteroatoms. The fourth-order valence-corrected chi connectivity index (χ4v) is 7.24. The maximum Gasteiger partial charge on any atom is 0.472 e. The third-order valence-electron chi connectivity index (χ3n) is 10.2. The second-order valence-electron chi connectivity index (χ2n) is 16.8. The van der Waals surface area contributed by atoms with E-state index in [1.54, 1.807) is 6.08 Å². The van der Waals surface area contributed by atoms with Gasteiger partial charge in [0.25, 0.3) is 0 Å². The number of aliphatic hydroxyl groups excluding tert-OH is 1. The number of unbranched alkanes of at least 4 members (excludes halogenated alkanes) is 26. The molecule has 0 aromatic heterocycles. The molecule has 0 spiro atoms. The molecule has 3 atom stereocenters. The van der Waals surface area contributed by atoms with Gasteiger partial charge in [-0.2, -0.15) is 0 Å². The standard InChI is InChI=1S/C45H89N2O6P/c1-6-8-10-12-14-16-18-20-21-22-23-24-25-27-29-31-33-35-37-39-45(49)46-43(42-53-54(50,51)52-41-40-47(3,4)5)44(48)38-36-34-32-30-28-26-19-17-15-13-11-9-7-2/h22-23,36,38,43-44,48H,6-21,24-35,37,39-42H2,1-5H3,(H-,46,49,50,51)/p+1/b23-22-,38-36+. The number of quaternary nitrogens is 1. The van der Waals surface area contributed by atoms with E-state index in [4.69, 9.17) is 9.05 Å². The van der Waals surface area contributed by atoms with Crippen LogP contribution in [0.15, 0.2) is 24.3 Å². The first-order valence-corrected chi connectivity index (χ1v) is 24.2. The van der Waals surface area contributed by atoms with E-state index in [0.717, 1.165) is 38.5 Å². The molecule has 0 aliphatic heterocycles. The summed E-state index contributed by atoms with van der Waals surface area (Å²) in [5.74, 6) is -0.182. The summed E-state index contributed by atoms with van der Waals surface area (Å²) >= 11 is 0. The number of rotatable bonds is 41. The van der Waals surface area contributed by atoms with Crippen LogP contribution in [0.25, 0.3) is 0 Å². The number of aliphatic hydroxyl groups is 1. The SMILES string of the molecule is CCCCCCCCCC/C=C\CCCCCCCCCC(=O)NC(COP(=O)(O)OCC[N+](C)(C)C)C(O)/C=C/CCCCCCCCCCCCC. The van der Waals surface area contributed by atoms with Crippen LogP contribution in [-0.4, -0.2) is 73.4 Å². The van der Waals surface area contributed by atoms with Crippen LogP contribution < -0.4 is 5.32 Å². The summed E-state index contributed by atoms with van der Waals surface area (Å²) in [5.41, 5.74) is 0. The molecule has 0 aliphatic carbocycles. The molecule has 3 unspecified atom stereocenters. The summed E-state index contributed by atoms with van der Waals surface area (Å²) in [5, 5.41) is 13.8. The Labute approximate surface area is 334 Å². The van der Waals surface area contributed by atoms with Gasteiger partial charge in [0.05, 0.1) is 39.9 Å². The summed E-state index contributed by atoms with van der Waals surface area (Å²) in [6.07, 6.45) is 43.8. The van der Waals surface area contributed by atoms with Crippen molar-refractivity contribution in [3.05, 3.63) is 24.3 Å². The summed E-state index contributed by atoms with van der Waals surface area (Å²) in [4.78, 5) is 23.1. The van der Waals surface area contributed by atoms with Crippen molar-refractivity contribution in [2.24, 2.45) is 0 Å². The number of nitrogens with zero attached hydrogens (tertiary/aromatic N) is 1. The van der Waals surface area contributed by atoms with Gasteiger partial charge in [0.15, 0.2) is 0 Å². The minimum atomic E-state index is -4.33. The number of likely N-dealkylation sites (N-methyl/N-ethyl adjacent to an activating group) is 1. The first-order chi connectivity index (χ1) is 26.0. The van der Waals surface area contributed by atoms with Crippen molar-refractivity contribution in [3.63, 3.8) is 0 Å². The zero-order chi connectivity index (χ0) is 40.0. The number of phosphoric acid groups is 1. The van der Waals surface area contributed by atoms with Crippen LogP contribution in [0.4, 0.5) is 0 Å². The van der Waals surface area contributed by atoms with Crippen LogP contribution in [0, 0.1) is 0 Å². The highest BCUT2D eigenvalue weighted by Crippen LogP contribution is 2.43. The van der Waals surface area contributed by atoms with Gasteiger partial charge in [-0.25, -0.2) is 4.57 Å². The largest absolute Gasteiger partial charge is 0.472 e. The lowest BCUT2D eigenvalue weighted by atomic mass is 10.0. The highest BCUT2D eigenvalue weighted by Gasteiger charge is 2.27. The Morgan fingerprint density at radius 3 is 1.43 bits per heavy atom. The molecule has 1 amide bonds. The molecule has 0 heterocycles. The van der Waals surface area contributed by atoms with Crippen LogP contribution >= 0.6 is 7.82 Å². The zero-order valence-corrected chi connectivity index (χ0v) is 37.1. The van der Waals surface area contributed by atoms with Gasteiger partial charge >= 0.3 is 7.82 Å². The van der Waals surface area contributed by atoms with Gasteiger partial charge in [0.2, 0.25) is 5.91 Å². The van der Waals surface area contributed by atoms with E-state index < -0.39 is 20.0 Å². The summed E-state index contributed by atoms with van der Waals surface area (Å²) in [6.45, 7) is 4.81. The van der Waals surface area contributed by atoms with Crippen LogP contribution in [0.2, 0.25) is 0 Å². The molecule has 54 heavy (non-hydrogen) atoms. The van der Waals surface area contributed by atoms with Crippen molar-refractivity contribution >= 4 is 13.7 Å². The first-order valence-electron chi connectivity index (χ1n) is 22.7. The van der Waals surface area contributed by atoms with E-state index in [1.165, 1.54) is 148 Å². The number of amides is 1. The zero-order valence-electron chi connectivity index (χ0n) is 36.2. The summed E-state index contributed by atoms with van der Waals surface area (Å²) in [7, 11) is 1.57. The molecular weight excluding hydrogens is 695 g/mol. The van der Waals surface area contributed by atoms with E-state index in [2.05, 4.69) is 31.3 Å². The molecule has 320 valence electrons. The fourth-order valence-electron chi connectivity index (χ4n) is 6.51. The Hall–Kier alpha value is -1.02. The molecule has 8 nitrogen and oxygen atoms in total. The number of carbonyl (C=O) groups excluding carboxylic acids is 1. The number of hydrogen-bond donors (Lipinski definition) is 3. The predicted molar refractivity (Wildman–Crippen MR) is 231 cm³/mol. The van der Waals surface area contributed by atoms with Gasteiger partial charge in [-0.3, -0.25) is 13.8 Å². The minimum absolute atomic E-state index is 0.0617. The van der Waals surface area contributed by atoms with Crippen molar-refractivity contribution in [1.29, 1.82) is 0 Å². The Morgan fingerprint density at radius 1 is 0.611 bits per heavy atom. The Balaban J connectivity index is 4.37. The van der Waals surface area contributed by atoms with Gasteiger partial charge in [0.1, 0.15) is 13.2 Å². The highest BCUT2D eigenvalue weighted by atomic mass is 31.2.